The Morgan fingerprint density at radius 1 is 1.75 bits per heavy atom. The molecule has 0 bridgehead atoms. The van der Waals surface area contributed by atoms with Crippen LogP contribution in [-0.4, -0.2) is 17.5 Å². The van der Waals surface area contributed by atoms with Crippen molar-refractivity contribution in [3.05, 3.63) is 0 Å². The molecule has 0 saturated heterocycles. The van der Waals surface area contributed by atoms with Crippen molar-refractivity contribution in [1.82, 2.24) is 0 Å². The second-order valence-electron chi connectivity index (χ2n) is 1.90. The predicted octanol–water partition coefficient (Wildman–Crippen LogP) is 0.594. The van der Waals surface area contributed by atoms with Crippen molar-refractivity contribution in [2.75, 3.05) is 6.61 Å². The highest BCUT2D eigenvalue weighted by Gasteiger charge is 2.06. The predicted molar refractivity (Wildman–Crippen MR) is 31.5 cm³/mol. The van der Waals surface area contributed by atoms with E-state index in [0.29, 0.717) is 6.42 Å². The number of aliphatic hydroxyl groups is 1. The highest BCUT2D eigenvalue weighted by atomic mass is 16.3. The minimum absolute atomic E-state index is 0.0212. The molecule has 0 saturated carbocycles. The first-order chi connectivity index (χ1) is 3.72. The molecule has 2 heteroatoms. The third-order valence-electron chi connectivity index (χ3n) is 1.17. The van der Waals surface area contributed by atoms with E-state index >= 15 is 0 Å². The van der Waals surface area contributed by atoms with E-state index in [1.165, 1.54) is 0 Å². The Bertz CT molecular complexity index is 78.6. The van der Waals surface area contributed by atoms with E-state index in [2.05, 4.69) is 0 Å². The molecule has 0 aromatic carbocycles. The lowest BCUT2D eigenvalue weighted by molar-refractivity contribution is -0.123. The standard InChI is InChI=1S/C6H12O2/c1-3-6(8)5(2)4-7/h5,7H,3-4H2,1-2H3. The van der Waals surface area contributed by atoms with Crippen LogP contribution < -0.4 is 0 Å². The Morgan fingerprint density at radius 2 is 2.25 bits per heavy atom. The van der Waals surface area contributed by atoms with Gasteiger partial charge in [-0.15, -0.1) is 0 Å². The number of Topliss-reactive ketones (excluding diaryl/α,β-unsaturated/α-hetero) is 1. The van der Waals surface area contributed by atoms with Crippen molar-refractivity contribution in [2.45, 2.75) is 20.3 Å². The molecular formula is C6H12O2. The van der Waals surface area contributed by atoms with Crippen LogP contribution in [-0.2, 0) is 4.79 Å². The van der Waals surface area contributed by atoms with E-state index in [0.717, 1.165) is 0 Å². The molecule has 1 atom stereocenters. The molecule has 0 aliphatic carbocycles. The molecule has 0 fully saturated rings. The Hall–Kier alpha value is -0.370. The first-order valence-corrected chi connectivity index (χ1v) is 2.86. The van der Waals surface area contributed by atoms with Gasteiger partial charge in [0.2, 0.25) is 0 Å². The summed E-state index contributed by atoms with van der Waals surface area (Å²) in [4.78, 5) is 10.6. The Balaban J connectivity index is 3.46. The lowest BCUT2D eigenvalue weighted by atomic mass is 10.1. The van der Waals surface area contributed by atoms with Gasteiger partial charge in [-0.2, -0.15) is 0 Å². The molecule has 0 aromatic heterocycles. The zero-order chi connectivity index (χ0) is 6.57. The number of carbonyl (C=O) groups excluding carboxylic acids is 1. The maximum Gasteiger partial charge on any atom is 0.137 e. The summed E-state index contributed by atoms with van der Waals surface area (Å²) < 4.78 is 0. The fraction of sp³-hybridized carbons (Fsp3) is 0.833. The molecule has 0 amide bonds. The Morgan fingerprint density at radius 3 is 2.38 bits per heavy atom. The molecule has 1 N–H and O–H groups in total. The van der Waals surface area contributed by atoms with Crippen molar-refractivity contribution in [2.24, 2.45) is 5.92 Å². The van der Waals surface area contributed by atoms with Crippen molar-refractivity contribution < 1.29 is 9.90 Å². The maximum atomic E-state index is 10.6. The van der Waals surface area contributed by atoms with Gasteiger partial charge in [0.05, 0.1) is 6.61 Å². The molecule has 0 rings (SSSR count). The van der Waals surface area contributed by atoms with Crippen LogP contribution in [0.25, 0.3) is 0 Å². The van der Waals surface area contributed by atoms with Gasteiger partial charge in [0.1, 0.15) is 5.78 Å². The van der Waals surface area contributed by atoms with Gasteiger partial charge in [0.25, 0.3) is 0 Å². The molecule has 0 heterocycles. The summed E-state index contributed by atoms with van der Waals surface area (Å²) >= 11 is 0. The second kappa shape index (κ2) is 3.61. The first kappa shape index (κ1) is 7.63. The zero-order valence-corrected chi connectivity index (χ0v) is 5.35. The van der Waals surface area contributed by atoms with Crippen LogP contribution in [0.4, 0.5) is 0 Å². The zero-order valence-electron chi connectivity index (χ0n) is 5.35. The van der Waals surface area contributed by atoms with Crippen molar-refractivity contribution in [3.8, 4) is 0 Å². The van der Waals surface area contributed by atoms with E-state index in [1.807, 2.05) is 0 Å². The van der Waals surface area contributed by atoms with Gasteiger partial charge >= 0.3 is 0 Å². The summed E-state index contributed by atoms with van der Waals surface area (Å²) in [6.07, 6.45) is 0.529. The second-order valence-corrected chi connectivity index (χ2v) is 1.90. The third kappa shape index (κ3) is 2.07. The number of rotatable bonds is 3. The van der Waals surface area contributed by atoms with E-state index in [1.54, 1.807) is 13.8 Å². The number of ketones is 1. The minimum Gasteiger partial charge on any atom is -0.396 e. The van der Waals surface area contributed by atoms with Crippen LogP contribution in [0.1, 0.15) is 20.3 Å². The Labute approximate surface area is 49.5 Å². The number of hydrogen-bond donors (Lipinski definition) is 1. The maximum absolute atomic E-state index is 10.6. The summed E-state index contributed by atoms with van der Waals surface area (Å²) in [5.74, 6) is -0.0347. The van der Waals surface area contributed by atoms with Gasteiger partial charge in [-0.3, -0.25) is 4.79 Å². The average Bonchev–Trinajstić information content (AvgIpc) is 1.84. The average molecular weight is 116 g/mol. The van der Waals surface area contributed by atoms with Gasteiger partial charge in [-0.25, -0.2) is 0 Å². The lowest BCUT2D eigenvalue weighted by Gasteiger charge is -2.01. The van der Waals surface area contributed by atoms with Crippen LogP contribution in [0.15, 0.2) is 0 Å². The SMILES string of the molecule is CCC(=O)C(C)CO. The first-order valence-electron chi connectivity index (χ1n) is 2.86. The summed E-state index contributed by atoms with van der Waals surface area (Å²) in [5.41, 5.74) is 0. The quantitative estimate of drug-likeness (QED) is 0.586. The largest absolute Gasteiger partial charge is 0.396 e. The molecule has 8 heavy (non-hydrogen) atoms. The van der Waals surface area contributed by atoms with Gasteiger partial charge in [0, 0.05) is 12.3 Å². The highest BCUT2D eigenvalue weighted by Crippen LogP contribution is 1.96. The van der Waals surface area contributed by atoms with Gasteiger partial charge in [-0.05, 0) is 0 Å². The minimum atomic E-state index is -0.167. The molecular weight excluding hydrogens is 104 g/mol. The van der Waals surface area contributed by atoms with Crippen LogP contribution in [0, 0.1) is 5.92 Å². The molecule has 0 radical (unpaired) electrons. The van der Waals surface area contributed by atoms with Gasteiger partial charge in [-0.1, -0.05) is 13.8 Å². The number of aliphatic hydroxyl groups excluding tert-OH is 1. The van der Waals surface area contributed by atoms with Crippen molar-refractivity contribution in [3.63, 3.8) is 0 Å². The van der Waals surface area contributed by atoms with Crippen LogP contribution in [0.3, 0.4) is 0 Å². The molecule has 2 nitrogen and oxygen atoms in total. The smallest absolute Gasteiger partial charge is 0.137 e. The molecule has 0 aliphatic rings. The van der Waals surface area contributed by atoms with Crippen LogP contribution in [0.2, 0.25) is 0 Å². The summed E-state index contributed by atoms with van der Waals surface area (Å²) in [6, 6.07) is 0. The topological polar surface area (TPSA) is 37.3 Å². The van der Waals surface area contributed by atoms with E-state index in [9.17, 15) is 4.79 Å². The van der Waals surface area contributed by atoms with Crippen LogP contribution >= 0.6 is 0 Å². The molecule has 0 aromatic rings. The van der Waals surface area contributed by atoms with Gasteiger partial charge in [0.15, 0.2) is 0 Å². The summed E-state index contributed by atoms with van der Waals surface area (Å²) in [5, 5.41) is 8.42. The molecule has 0 aliphatic heterocycles. The van der Waals surface area contributed by atoms with E-state index in [4.69, 9.17) is 5.11 Å². The fourth-order valence-corrected chi connectivity index (χ4v) is 0.450. The highest BCUT2D eigenvalue weighted by molar-refractivity contribution is 5.80. The van der Waals surface area contributed by atoms with E-state index in [-0.39, 0.29) is 18.3 Å². The van der Waals surface area contributed by atoms with E-state index < -0.39 is 0 Å². The Kier molecular flexibility index (Phi) is 3.44. The number of carbonyl (C=O) groups is 1. The van der Waals surface area contributed by atoms with Gasteiger partial charge < -0.3 is 5.11 Å². The third-order valence-corrected chi connectivity index (χ3v) is 1.17. The summed E-state index contributed by atoms with van der Waals surface area (Å²) in [7, 11) is 0. The molecule has 48 valence electrons. The summed E-state index contributed by atoms with van der Waals surface area (Å²) in [6.45, 7) is 3.51. The number of hydrogen-bond acceptors (Lipinski definition) is 2. The lowest BCUT2D eigenvalue weighted by Crippen LogP contribution is -2.12. The normalized spacial score (nSPS) is 13.4. The van der Waals surface area contributed by atoms with Crippen molar-refractivity contribution >= 4 is 5.78 Å². The molecule has 1 unspecified atom stereocenters. The van der Waals surface area contributed by atoms with Crippen molar-refractivity contribution in [1.29, 1.82) is 0 Å². The fourth-order valence-electron chi connectivity index (χ4n) is 0.450. The van der Waals surface area contributed by atoms with Crippen LogP contribution in [0.5, 0.6) is 0 Å². The monoisotopic (exact) mass is 116 g/mol. The molecule has 0 spiro atoms.